The number of benzene rings is 1. The van der Waals surface area contributed by atoms with Gasteiger partial charge in [-0.1, -0.05) is 30.3 Å². The fraction of sp³-hybridized carbons (Fsp3) is 0.294. The molecule has 1 unspecified atom stereocenters. The summed E-state index contributed by atoms with van der Waals surface area (Å²) in [5, 5.41) is 0. The van der Waals surface area contributed by atoms with Crippen LogP contribution in [0, 0.1) is 0 Å². The summed E-state index contributed by atoms with van der Waals surface area (Å²) < 4.78 is 10.8. The minimum Gasteiger partial charge on any atom is -0.468 e. The lowest BCUT2D eigenvalue weighted by atomic mass is 10.0. The summed E-state index contributed by atoms with van der Waals surface area (Å²) in [6.07, 6.45) is 1.32. The molecule has 23 heavy (non-hydrogen) atoms. The molecular formula is C17H18N2O4. The molecule has 0 bridgehead atoms. The van der Waals surface area contributed by atoms with E-state index in [9.17, 15) is 9.59 Å². The molecule has 0 saturated carbocycles. The number of hydrogen-bond donors (Lipinski definition) is 1. The summed E-state index contributed by atoms with van der Waals surface area (Å²) in [6, 6.07) is 11.2. The van der Waals surface area contributed by atoms with Crippen LogP contribution in [0.1, 0.15) is 27.7 Å². The van der Waals surface area contributed by atoms with Crippen molar-refractivity contribution < 1.29 is 18.7 Å². The van der Waals surface area contributed by atoms with E-state index >= 15 is 0 Å². The summed E-state index contributed by atoms with van der Waals surface area (Å²) in [7, 11) is 0. The van der Waals surface area contributed by atoms with Gasteiger partial charge < -0.3 is 19.8 Å². The van der Waals surface area contributed by atoms with E-state index in [-0.39, 0.29) is 18.4 Å². The molecule has 1 saturated heterocycles. The summed E-state index contributed by atoms with van der Waals surface area (Å²) >= 11 is 0. The number of hydrogen-bond acceptors (Lipinski definition) is 4. The van der Waals surface area contributed by atoms with Gasteiger partial charge in [-0.05, 0) is 11.6 Å². The van der Waals surface area contributed by atoms with Crippen molar-refractivity contribution in [2.75, 3.05) is 19.8 Å². The molecule has 1 fully saturated rings. The highest BCUT2D eigenvalue weighted by Gasteiger charge is 2.31. The third-order valence-electron chi connectivity index (χ3n) is 3.88. The molecule has 0 aliphatic carbocycles. The maximum absolute atomic E-state index is 12.9. The predicted octanol–water partition coefficient (Wildman–Crippen LogP) is 1.52. The van der Waals surface area contributed by atoms with E-state index in [0.29, 0.717) is 31.1 Å². The van der Waals surface area contributed by atoms with Crippen molar-refractivity contribution in [3.8, 4) is 0 Å². The number of rotatable bonds is 4. The average molecular weight is 314 g/mol. The zero-order chi connectivity index (χ0) is 16.2. The van der Waals surface area contributed by atoms with E-state index in [1.807, 2.05) is 30.3 Å². The molecule has 2 aromatic rings. The van der Waals surface area contributed by atoms with Gasteiger partial charge in [-0.15, -0.1) is 0 Å². The van der Waals surface area contributed by atoms with Crippen LogP contribution in [0.3, 0.4) is 0 Å². The fourth-order valence-corrected chi connectivity index (χ4v) is 2.78. The number of nitrogens with zero attached hydrogens (tertiary/aromatic N) is 1. The fourth-order valence-electron chi connectivity index (χ4n) is 2.78. The summed E-state index contributed by atoms with van der Waals surface area (Å²) in [4.78, 5) is 25.8. The Hall–Kier alpha value is -2.60. The molecule has 0 radical (unpaired) electrons. The van der Waals surface area contributed by atoms with Crippen molar-refractivity contribution in [3.05, 3.63) is 59.5 Å². The molecule has 6 heteroatoms. The second-order valence-corrected chi connectivity index (χ2v) is 5.40. The summed E-state index contributed by atoms with van der Waals surface area (Å²) in [5.41, 5.74) is 6.60. The van der Waals surface area contributed by atoms with E-state index < -0.39 is 5.91 Å². The van der Waals surface area contributed by atoms with Crippen LogP contribution in [0.4, 0.5) is 0 Å². The van der Waals surface area contributed by atoms with Gasteiger partial charge in [0.25, 0.3) is 5.91 Å². The molecule has 1 aliphatic heterocycles. The van der Waals surface area contributed by atoms with Crippen LogP contribution in [0.15, 0.2) is 47.1 Å². The van der Waals surface area contributed by atoms with Crippen molar-refractivity contribution in [2.45, 2.75) is 12.5 Å². The van der Waals surface area contributed by atoms with Gasteiger partial charge in [0.1, 0.15) is 5.76 Å². The number of ether oxygens (including phenoxy) is 1. The van der Waals surface area contributed by atoms with Crippen molar-refractivity contribution >= 4 is 11.8 Å². The smallest absolute Gasteiger partial charge is 0.258 e. The first-order valence-electron chi connectivity index (χ1n) is 7.45. The van der Waals surface area contributed by atoms with Crippen molar-refractivity contribution in [1.29, 1.82) is 0 Å². The van der Waals surface area contributed by atoms with Crippen LogP contribution >= 0.6 is 0 Å². The van der Waals surface area contributed by atoms with Crippen LogP contribution in [-0.2, 0) is 16.0 Å². The number of carbonyl (C=O) groups is 2. The number of nitrogens with two attached hydrogens (primary N) is 1. The first-order valence-corrected chi connectivity index (χ1v) is 7.45. The lowest BCUT2D eigenvalue weighted by Gasteiger charge is -2.36. The molecule has 2 heterocycles. The molecule has 2 N–H and O–H groups in total. The largest absolute Gasteiger partial charge is 0.468 e. The Bertz CT molecular complexity index is 696. The van der Waals surface area contributed by atoms with Gasteiger partial charge in [0.15, 0.2) is 0 Å². The molecular weight excluding hydrogens is 296 g/mol. The highest BCUT2D eigenvalue weighted by molar-refractivity contribution is 5.96. The molecule has 120 valence electrons. The van der Waals surface area contributed by atoms with Crippen LogP contribution in [-0.4, -0.2) is 36.5 Å². The quantitative estimate of drug-likeness (QED) is 0.927. The Kier molecular flexibility index (Phi) is 4.43. The van der Waals surface area contributed by atoms with Crippen LogP contribution in [0.5, 0.6) is 0 Å². The van der Waals surface area contributed by atoms with E-state index in [1.54, 1.807) is 11.0 Å². The maximum atomic E-state index is 12.9. The zero-order valence-corrected chi connectivity index (χ0v) is 12.6. The molecule has 1 aliphatic rings. The van der Waals surface area contributed by atoms with Crippen molar-refractivity contribution in [2.24, 2.45) is 5.73 Å². The lowest BCUT2D eigenvalue weighted by Crippen LogP contribution is -2.43. The lowest BCUT2D eigenvalue weighted by molar-refractivity contribution is -0.117. The Morgan fingerprint density at radius 1 is 1.22 bits per heavy atom. The minimum atomic E-state index is -0.532. The van der Waals surface area contributed by atoms with Crippen LogP contribution in [0.25, 0.3) is 0 Å². The van der Waals surface area contributed by atoms with Gasteiger partial charge in [0.2, 0.25) is 5.91 Å². The van der Waals surface area contributed by atoms with Crippen molar-refractivity contribution in [3.63, 3.8) is 0 Å². The number of carbonyl (C=O) groups excluding carboxylic acids is 2. The van der Waals surface area contributed by atoms with E-state index in [4.69, 9.17) is 14.9 Å². The molecule has 1 aromatic heterocycles. The molecule has 2 amide bonds. The van der Waals surface area contributed by atoms with Gasteiger partial charge in [0.05, 0.1) is 37.5 Å². The first kappa shape index (κ1) is 15.3. The number of amides is 2. The summed E-state index contributed by atoms with van der Waals surface area (Å²) in [5.74, 6) is -0.399. The van der Waals surface area contributed by atoms with Crippen molar-refractivity contribution in [1.82, 2.24) is 4.90 Å². The van der Waals surface area contributed by atoms with Gasteiger partial charge in [-0.3, -0.25) is 9.59 Å². The number of furan rings is 1. The third-order valence-corrected chi connectivity index (χ3v) is 3.88. The normalized spacial score (nSPS) is 17.9. The number of morpholine rings is 1. The second-order valence-electron chi connectivity index (χ2n) is 5.40. The van der Waals surface area contributed by atoms with E-state index in [0.717, 1.165) is 5.56 Å². The average Bonchev–Trinajstić information content (AvgIpc) is 3.02. The molecule has 0 spiro atoms. The maximum Gasteiger partial charge on any atom is 0.258 e. The predicted molar refractivity (Wildman–Crippen MR) is 82.6 cm³/mol. The van der Waals surface area contributed by atoms with Gasteiger partial charge in [-0.2, -0.15) is 0 Å². The first-order chi connectivity index (χ1) is 11.2. The molecule has 1 aromatic carbocycles. The second kappa shape index (κ2) is 6.66. The Morgan fingerprint density at radius 2 is 2.00 bits per heavy atom. The molecule has 6 nitrogen and oxygen atoms in total. The Balaban J connectivity index is 1.88. The van der Waals surface area contributed by atoms with E-state index in [1.165, 1.54) is 6.26 Å². The summed E-state index contributed by atoms with van der Waals surface area (Å²) in [6.45, 7) is 1.41. The Labute approximate surface area is 133 Å². The third kappa shape index (κ3) is 3.27. The number of primary amides is 1. The van der Waals surface area contributed by atoms with Crippen LogP contribution in [0.2, 0.25) is 0 Å². The SMILES string of the molecule is NC(=O)Cc1occc1C(=O)N1CCOCC1c1ccccc1. The van der Waals surface area contributed by atoms with Gasteiger partial charge in [0, 0.05) is 6.54 Å². The zero-order valence-electron chi connectivity index (χ0n) is 12.6. The highest BCUT2D eigenvalue weighted by atomic mass is 16.5. The monoisotopic (exact) mass is 314 g/mol. The van der Waals surface area contributed by atoms with Gasteiger partial charge >= 0.3 is 0 Å². The topological polar surface area (TPSA) is 85.8 Å². The standard InChI is InChI=1S/C17H18N2O4/c18-16(20)10-15-13(6-8-23-15)17(21)19-7-9-22-11-14(19)12-4-2-1-3-5-12/h1-6,8,14H,7,9-11H2,(H2,18,20). The van der Waals surface area contributed by atoms with Crippen LogP contribution < -0.4 is 5.73 Å². The minimum absolute atomic E-state index is 0.0889. The van der Waals surface area contributed by atoms with E-state index in [2.05, 4.69) is 0 Å². The highest BCUT2D eigenvalue weighted by Crippen LogP contribution is 2.27. The molecule has 3 rings (SSSR count). The molecule has 1 atom stereocenters. The Morgan fingerprint density at radius 3 is 2.74 bits per heavy atom. The van der Waals surface area contributed by atoms with Gasteiger partial charge in [-0.25, -0.2) is 0 Å².